The molecule has 1 aromatic rings. The van der Waals surface area contributed by atoms with Crippen LogP contribution in [0.4, 0.5) is 0 Å². The fourth-order valence-corrected chi connectivity index (χ4v) is 3.43. The molecule has 42 heavy (non-hydrogen) atoms. The number of carboxylic acid groups (broad SMARTS) is 1. The SMILES string of the molecule is C=CC(=O)OCCCCCOc1cc(C(=O)O)cc(OCCCCCOC(=O)C=C)c1OCCCCCOC(=O)C=C. The second kappa shape index (κ2) is 22.4. The van der Waals surface area contributed by atoms with E-state index in [9.17, 15) is 24.3 Å². The molecule has 232 valence electrons. The Bertz CT molecular complexity index is 977. The van der Waals surface area contributed by atoms with Crippen LogP contribution in [0.2, 0.25) is 0 Å². The van der Waals surface area contributed by atoms with Gasteiger partial charge in [0.15, 0.2) is 11.5 Å². The van der Waals surface area contributed by atoms with Crippen molar-refractivity contribution < 1.29 is 52.7 Å². The van der Waals surface area contributed by atoms with Gasteiger partial charge >= 0.3 is 23.9 Å². The number of esters is 3. The van der Waals surface area contributed by atoms with E-state index in [1.165, 1.54) is 12.1 Å². The Morgan fingerprint density at radius 1 is 0.548 bits per heavy atom. The van der Waals surface area contributed by atoms with Crippen molar-refractivity contribution in [3.63, 3.8) is 0 Å². The third kappa shape index (κ3) is 16.1. The molecule has 0 fully saturated rings. The molecular formula is C31H42O11. The molecule has 0 aliphatic carbocycles. The Morgan fingerprint density at radius 2 is 0.881 bits per heavy atom. The zero-order valence-corrected chi connectivity index (χ0v) is 24.1. The molecule has 11 heteroatoms. The Kier molecular flexibility index (Phi) is 19.1. The Morgan fingerprint density at radius 3 is 1.21 bits per heavy atom. The smallest absolute Gasteiger partial charge is 0.335 e. The second-order valence-electron chi connectivity index (χ2n) is 8.95. The van der Waals surface area contributed by atoms with Crippen LogP contribution in [-0.4, -0.2) is 68.6 Å². The van der Waals surface area contributed by atoms with Crippen LogP contribution >= 0.6 is 0 Å². The van der Waals surface area contributed by atoms with E-state index in [4.69, 9.17) is 28.4 Å². The number of ether oxygens (including phenoxy) is 6. The maximum atomic E-state index is 11.8. The standard InChI is InChI=1S/C31H42O11/c1-4-27(32)39-18-12-7-10-16-37-25-22-24(31(35)36)23-26(38-17-11-8-13-19-40-28(33)5-2)30(25)42-21-15-9-14-20-41-29(34)6-3/h4-6,22-23H,1-3,7-21H2,(H,35,36). The van der Waals surface area contributed by atoms with Crippen molar-refractivity contribution in [3.8, 4) is 17.2 Å². The minimum atomic E-state index is -1.14. The average Bonchev–Trinajstić information content (AvgIpc) is 2.99. The third-order valence-electron chi connectivity index (χ3n) is 5.63. The third-order valence-corrected chi connectivity index (χ3v) is 5.63. The number of benzene rings is 1. The summed E-state index contributed by atoms with van der Waals surface area (Å²) in [5.74, 6) is -1.75. The highest BCUT2D eigenvalue weighted by Crippen LogP contribution is 2.39. The molecule has 0 saturated carbocycles. The molecule has 0 saturated heterocycles. The molecular weight excluding hydrogens is 548 g/mol. The first kappa shape index (κ1) is 35.7. The number of carboxylic acids is 1. The van der Waals surface area contributed by atoms with Gasteiger partial charge in [0.1, 0.15) is 0 Å². The van der Waals surface area contributed by atoms with Crippen molar-refractivity contribution >= 4 is 23.9 Å². The first-order valence-electron chi connectivity index (χ1n) is 14.0. The summed E-state index contributed by atoms with van der Waals surface area (Å²) in [6, 6.07) is 2.80. The summed E-state index contributed by atoms with van der Waals surface area (Å²) in [7, 11) is 0. The van der Waals surface area contributed by atoms with Gasteiger partial charge in [-0.1, -0.05) is 19.7 Å². The summed E-state index contributed by atoms with van der Waals surface area (Å²) >= 11 is 0. The Hall–Kier alpha value is -4.28. The first-order valence-corrected chi connectivity index (χ1v) is 14.0. The minimum Gasteiger partial charge on any atom is -0.490 e. The van der Waals surface area contributed by atoms with Crippen molar-refractivity contribution in [2.75, 3.05) is 39.6 Å². The number of carbonyl (C=O) groups excluding carboxylic acids is 3. The van der Waals surface area contributed by atoms with Gasteiger partial charge in [-0.25, -0.2) is 19.2 Å². The molecule has 0 unspecified atom stereocenters. The van der Waals surface area contributed by atoms with Crippen LogP contribution < -0.4 is 14.2 Å². The molecule has 1 rings (SSSR count). The number of carbonyl (C=O) groups is 4. The molecule has 0 amide bonds. The molecule has 0 aromatic heterocycles. The number of hydrogen-bond donors (Lipinski definition) is 1. The minimum absolute atomic E-state index is 0.0101. The van der Waals surface area contributed by atoms with E-state index in [1.54, 1.807) is 0 Å². The summed E-state index contributed by atoms with van der Waals surface area (Å²) in [6.45, 7) is 11.8. The predicted molar refractivity (Wildman–Crippen MR) is 155 cm³/mol. The summed E-state index contributed by atoms with van der Waals surface area (Å²) in [5.41, 5.74) is -0.0101. The van der Waals surface area contributed by atoms with Gasteiger partial charge < -0.3 is 33.5 Å². The average molecular weight is 591 g/mol. The van der Waals surface area contributed by atoms with Gasteiger partial charge in [0.05, 0.1) is 45.2 Å². The molecule has 1 N–H and O–H groups in total. The summed E-state index contributed by atoms with van der Waals surface area (Å²) in [4.78, 5) is 45.2. The summed E-state index contributed by atoms with van der Waals surface area (Å²) in [5, 5.41) is 9.65. The van der Waals surface area contributed by atoms with E-state index in [0.29, 0.717) is 50.9 Å². The van der Waals surface area contributed by atoms with Crippen LogP contribution in [0.25, 0.3) is 0 Å². The number of hydrogen-bond acceptors (Lipinski definition) is 10. The highest BCUT2D eigenvalue weighted by molar-refractivity contribution is 5.89. The maximum absolute atomic E-state index is 11.8. The fourth-order valence-electron chi connectivity index (χ4n) is 3.43. The normalized spacial score (nSPS) is 10.2. The van der Waals surface area contributed by atoms with Crippen LogP contribution in [0.15, 0.2) is 50.1 Å². The van der Waals surface area contributed by atoms with Gasteiger partial charge in [-0.05, 0) is 69.9 Å². The lowest BCUT2D eigenvalue weighted by atomic mass is 10.1. The van der Waals surface area contributed by atoms with E-state index in [0.717, 1.165) is 37.5 Å². The molecule has 11 nitrogen and oxygen atoms in total. The summed E-state index contributed by atoms with van der Waals surface area (Å²) in [6.07, 6.45) is 9.38. The molecule has 0 radical (unpaired) electrons. The highest BCUT2D eigenvalue weighted by atomic mass is 16.5. The maximum Gasteiger partial charge on any atom is 0.335 e. The first-order chi connectivity index (χ1) is 20.3. The molecule has 0 aliphatic heterocycles. The van der Waals surface area contributed by atoms with Crippen molar-refractivity contribution in [1.82, 2.24) is 0 Å². The Labute approximate surface area is 247 Å². The zero-order valence-electron chi connectivity index (χ0n) is 24.1. The van der Waals surface area contributed by atoms with Crippen LogP contribution in [0.5, 0.6) is 17.2 Å². The quantitative estimate of drug-likeness (QED) is 0.0693. The lowest BCUT2D eigenvalue weighted by Gasteiger charge is -2.18. The Balaban J connectivity index is 2.79. The molecule has 0 spiro atoms. The van der Waals surface area contributed by atoms with E-state index in [2.05, 4.69) is 19.7 Å². The molecule has 0 atom stereocenters. The molecule has 1 aromatic carbocycles. The van der Waals surface area contributed by atoms with E-state index in [-0.39, 0.29) is 50.1 Å². The number of unbranched alkanes of at least 4 members (excludes halogenated alkanes) is 6. The van der Waals surface area contributed by atoms with Crippen LogP contribution in [0, 0.1) is 0 Å². The van der Waals surface area contributed by atoms with Gasteiger partial charge in [-0.2, -0.15) is 0 Å². The lowest BCUT2D eigenvalue weighted by Crippen LogP contribution is -2.09. The van der Waals surface area contributed by atoms with Gasteiger partial charge in [0.2, 0.25) is 5.75 Å². The molecule has 0 aliphatic rings. The zero-order chi connectivity index (χ0) is 31.0. The van der Waals surface area contributed by atoms with E-state index < -0.39 is 23.9 Å². The van der Waals surface area contributed by atoms with E-state index in [1.807, 2.05) is 0 Å². The number of aromatic carboxylic acids is 1. The second-order valence-corrected chi connectivity index (χ2v) is 8.95. The highest BCUT2D eigenvalue weighted by Gasteiger charge is 2.19. The van der Waals surface area contributed by atoms with Crippen molar-refractivity contribution in [2.24, 2.45) is 0 Å². The van der Waals surface area contributed by atoms with Crippen molar-refractivity contribution in [1.29, 1.82) is 0 Å². The number of rotatable bonds is 25. The topological polar surface area (TPSA) is 144 Å². The van der Waals surface area contributed by atoms with Crippen LogP contribution in [0.1, 0.15) is 68.1 Å². The monoisotopic (exact) mass is 590 g/mol. The fraction of sp³-hybridized carbons (Fsp3) is 0.484. The largest absolute Gasteiger partial charge is 0.490 e. The summed E-state index contributed by atoms with van der Waals surface area (Å²) < 4.78 is 32.8. The van der Waals surface area contributed by atoms with Crippen LogP contribution in [-0.2, 0) is 28.6 Å². The molecule has 0 heterocycles. The van der Waals surface area contributed by atoms with Crippen molar-refractivity contribution in [3.05, 3.63) is 55.7 Å². The van der Waals surface area contributed by atoms with Gasteiger partial charge in [0.25, 0.3) is 0 Å². The van der Waals surface area contributed by atoms with E-state index >= 15 is 0 Å². The van der Waals surface area contributed by atoms with Gasteiger partial charge in [-0.3, -0.25) is 0 Å². The predicted octanol–water partition coefficient (Wildman–Crippen LogP) is 5.22. The van der Waals surface area contributed by atoms with Crippen molar-refractivity contribution in [2.45, 2.75) is 57.8 Å². The molecule has 0 bridgehead atoms. The lowest BCUT2D eigenvalue weighted by molar-refractivity contribution is -0.138. The van der Waals surface area contributed by atoms with Gasteiger partial charge in [0, 0.05) is 18.2 Å². The van der Waals surface area contributed by atoms with Crippen LogP contribution in [0.3, 0.4) is 0 Å². The van der Waals surface area contributed by atoms with Gasteiger partial charge in [-0.15, -0.1) is 0 Å².